The van der Waals surface area contributed by atoms with Gasteiger partial charge in [0.2, 0.25) is 0 Å². The molecule has 1 aromatic rings. The molecule has 1 aliphatic heterocycles. The molecule has 1 N–H and O–H groups in total. The molecule has 2 atom stereocenters. The van der Waals surface area contributed by atoms with Gasteiger partial charge in [-0.3, -0.25) is 0 Å². The number of piperidine rings is 1. The first-order valence-corrected chi connectivity index (χ1v) is 7.72. The van der Waals surface area contributed by atoms with Crippen LogP contribution in [0.3, 0.4) is 0 Å². The number of rotatable bonds is 3. The number of hydrogen-bond donors (Lipinski definition) is 1. The van der Waals surface area contributed by atoms with Crippen LogP contribution in [0.5, 0.6) is 0 Å². The number of carboxylic acids is 1. The second-order valence-corrected chi connectivity index (χ2v) is 6.43. The molecule has 2 unspecified atom stereocenters. The summed E-state index contributed by atoms with van der Waals surface area (Å²) in [4.78, 5) is 12.9. The first-order valence-electron chi connectivity index (χ1n) is 6.93. The molecule has 108 valence electrons. The van der Waals surface area contributed by atoms with Crippen LogP contribution in [-0.2, 0) is 4.79 Å². The zero-order valence-electron chi connectivity index (χ0n) is 11.8. The van der Waals surface area contributed by atoms with Crippen LogP contribution in [0.15, 0.2) is 28.7 Å². The first kappa shape index (κ1) is 15.1. The van der Waals surface area contributed by atoms with E-state index >= 15 is 0 Å². The summed E-state index contributed by atoms with van der Waals surface area (Å²) in [6, 6.07) is 5.99. The van der Waals surface area contributed by atoms with E-state index in [1.165, 1.54) is 12.1 Å². The third-order valence-corrected chi connectivity index (χ3v) is 4.70. The highest BCUT2D eigenvalue weighted by Gasteiger charge is 2.23. The number of halogens is 1. The van der Waals surface area contributed by atoms with Gasteiger partial charge >= 0.3 is 5.97 Å². The lowest BCUT2D eigenvalue weighted by Gasteiger charge is -2.37. The lowest BCUT2D eigenvalue weighted by Crippen LogP contribution is -2.38. The van der Waals surface area contributed by atoms with E-state index in [2.05, 4.69) is 40.7 Å². The Hall–Kier alpha value is -1.29. The van der Waals surface area contributed by atoms with E-state index in [0.717, 1.165) is 35.1 Å². The normalized spacial score (nSPS) is 23.2. The van der Waals surface area contributed by atoms with Gasteiger partial charge in [-0.25, -0.2) is 4.79 Å². The molecule has 0 aromatic heterocycles. The monoisotopic (exact) mass is 337 g/mol. The number of hydrogen-bond acceptors (Lipinski definition) is 2. The van der Waals surface area contributed by atoms with Crippen LogP contribution in [-0.4, -0.2) is 24.2 Å². The summed E-state index contributed by atoms with van der Waals surface area (Å²) in [5.74, 6) is 0.550. The Morgan fingerprint density at radius 3 is 2.75 bits per heavy atom. The highest BCUT2D eigenvalue weighted by atomic mass is 79.9. The molecule has 1 heterocycles. The maximum Gasteiger partial charge on any atom is 0.328 e. The highest BCUT2D eigenvalue weighted by Crippen LogP contribution is 2.32. The minimum Gasteiger partial charge on any atom is -0.478 e. The lowest BCUT2D eigenvalue weighted by molar-refractivity contribution is -0.131. The Morgan fingerprint density at radius 1 is 1.40 bits per heavy atom. The van der Waals surface area contributed by atoms with Gasteiger partial charge in [0, 0.05) is 23.6 Å². The Labute approximate surface area is 128 Å². The van der Waals surface area contributed by atoms with Gasteiger partial charge in [0.25, 0.3) is 0 Å². The molecule has 1 aromatic carbocycles. The van der Waals surface area contributed by atoms with E-state index in [1.807, 2.05) is 12.1 Å². The summed E-state index contributed by atoms with van der Waals surface area (Å²) >= 11 is 3.60. The number of aliphatic carboxylic acids is 1. The number of nitrogens with zero attached hydrogens (tertiary/aromatic N) is 1. The van der Waals surface area contributed by atoms with Crippen LogP contribution in [0.2, 0.25) is 0 Å². The number of benzene rings is 1. The van der Waals surface area contributed by atoms with Gasteiger partial charge in [-0.2, -0.15) is 0 Å². The summed E-state index contributed by atoms with van der Waals surface area (Å²) in [6.45, 7) is 6.77. The van der Waals surface area contributed by atoms with Crippen LogP contribution in [0.1, 0.15) is 25.8 Å². The van der Waals surface area contributed by atoms with Gasteiger partial charge in [-0.05, 0) is 58.0 Å². The average Bonchev–Trinajstić information content (AvgIpc) is 2.40. The van der Waals surface area contributed by atoms with Crippen molar-refractivity contribution in [3.63, 3.8) is 0 Å². The van der Waals surface area contributed by atoms with E-state index in [1.54, 1.807) is 6.08 Å². The standard InChI is InChI=1S/C16H20BrNO2/c1-11-7-8-18(10-12(11)2)15-5-3-13(9-14(15)17)4-6-16(19)20/h3-6,9,11-12H,7-8,10H2,1-2H3,(H,19,20)/b6-4+. The van der Waals surface area contributed by atoms with E-state index < -0.39 is 5.97 Å². The zero-order chi connectivity index (χ0) is 14.7. The van der Waals surface area contributed by atoms with Gasteiger partial charge in [0.1, 0.15) is 0 Å². The van der Waals surface area contributed by atoms with Crippen LogP contribution in [0.4, 0.5) is 5.69 Å². The fourth-order valence-corrected chi connectivity index (χ4v) is 3.18. The number of carbonyl (C=O) groups is 1. The molecule has 1 fully saturated rings. The number of anilines is 1. The lowest BCUT2D eigenvalue weighted by atomic mass is 9.88. The van der Waals surface area contributed by atoms with E-state index in [4.69, 9.17) is 5.11 Å². The van der Waals surface area contributed by atoms with Crippen LogP contribution in [0.25, 0.3) is 6.08 Å². The maximum absolute atomic E-state index is 10.5. The van der Waals surface area contributed by atoms with Crippen molar-refractivity contribution in [1.82, 2.24) is 0 Å². The van der Waals surface area contributed by atoms with Gasteiger partial charge in [0.15, 0.2) is 0 Å². The van der Waals surface area contributed by atoms with E-state index in [9.17, 15) is 4.79 Å². The molecule has 1 aliphatic rings. The minimum absolute atomic E-state index is 0.697. The predicted molar refractivity (Wildman–Crippen MR) is 86.0 cm³/mol. The Morgan fingerprint density at radius 2 is 2.15 bits per heavy atom. The van der Waals surface area contributed by atoms with Crippen LogP contribution >= 0.6 is 15.9 Å². The average molecular weight is 338 g/mol. The fraction of sp³-hybridized carbons (Fsp3) is 0.438. The molecular weight excluding hydrogens is 318 g/mol. The summed E-state index contributed by atoms with van der Waals surface area (Å²) in [5.41, 5.74) is 2.08. The van der Waals surface area contributed by atoms with E-state index in [0.29, 0.717) is 5.92 Å². The van der Waals surface area contributed by atoms with Crippen molar-refractivity contribution < 1.29 is 9.90 Å². The third-order valence-electron chi connectivity index (χ3n) is 4.06. The van der Waals surface area contributed by atoms with Crippen molar-refractivity contribution >= 4 is 33.7 Å². The molecule has 1 saturated heterocycles. The summed E-state index contributed by atoms with van der Waals surface area (Å²) in [5, 5.41) is 8.65. The highest BCUT2D eigenvalue weighted by molar-refractivity contribution is 9.10. The molecule has 4 heteroatoms. The largest absolute Gasteiger partial charge is 0.478 e. The van der Waals surface area contributed by atoms with Gasteiger partial charge in [-0.15, -0.1) is 0 Å². The van der Waals surface area contributed by atoms with Crippen molar-refractivity contribution in [3.05, 3.63) is 34.3 Å². The van der Waals surface area contributed by atoms with Crippen LogP contribution < -0.4 is 4.90 Å². The number of carboxylic acid groups (broad SMARTS) is 1. The van der Waals surface area contributed by atoms with E-state index in [-0.39, 0.29) is 0 Å². The molecular formula is C16H20BrNO2. The minimum atomic E-state index is -0.927. The second kappa shape index (κ2) is 6.44. The Balaban J connectivity index is 2.15. The van der Waals surface area contributed by atoms with Crippen molar-refractivity contribution in [3.8, 4) is 0 Å². The molecule has 0 saturated carbocycles. The third kappa shape index (κ3) is 3.63. The molecule has 20 heavy (non-hydrogen) atoms. The van der Waals surface area contributed by atoms with Crippen LogP contribution in [0, 0.1) is 11.8 Å². The molecule has 0 amide bonds. The van der Waals surface area contributed by atoms with Crippen molar-refractivity contribution in [2.24, 2.45) is 11.8 Å². The Kier molecular flexibility index (Phi) is 4.86. The second-order valence-electron chi connectivity index (χ2n) is 5.57. The molecule has 0 radical (unpaired) electrons. The summed E-state index contributed by atoms with van der Waals surface area (Å²) in [6.07, 6.45) is 3.98. The summed E-state index contributed by atoms with van der Waals surface area (Å²) in [7, 11) is 0. The fourth-order valence-electron chi connectivity index (χ4n) is 2.53. The van der Waals surface area contributed by atoms with Gasteiger partial charge in [0.05, 0.1) is 5.69 Å². The SMILES string of the molecule is CC1CCN(c2ccc(/C=C/C(=O)O)cc2Br)CC1C. The quantitative estimate of drug-likeness (QED) is 0.846. The molecule has 0 aliphatic carbocycles. The molecule has 0 bridgehead atoms. The Bertz CT molecular complexity index is 527. The topological polar surface area (TPSA) is 40.5 Å². The van der Waals surface area contributed by atoms with Gasteiger partial charge in [-0.1, -0.05) is 19.9 Å². The van der Waals surface area contributed by atoms with Crippen molar-refractivity contribution in [2.75, 3.05) is 18.0 Å². The van der Waals surface area contributed by atoms with Crippen molar-refractivity contribution in [1.29, 1.82) is 0 Å². The molecule has 2 rings (SSSR count). The van der Waals surface area contributed by atoms with Gasteiger partial charge < -0.3 is 10.0 Å². The molecule has 3 nitrogen and oxygen atoms in total. The smallest absolute Gasteiger partial charge is 0.328 e. The maximum atomic E-state index is 10.5. The zero-order valence-corrected chi connectivity index (χ0v) is 13.4. The molecule has 0 spiro atoms. The first-order chi connectivity index (χ1) is 9.47. The summed E-state index contributed by atoms with van der Waals surface area (Å²) < 4.78 is 1.02. The predicted octanol–water partition coefficient (Wildman–Crippen LogP) is 4.03. The van der Waals surface area contributed by atoms with Crippen molar-refractivity contribution in [2.45, 2.75) is 20.3 Å².